The van der Waals surface area contributed by atoms with Crippen LogP contribution in [0.25, 0.3) is 22.3 Å². The van der Waals surface area contributed by atoms with Crippen LogP contribution in [0.15, 0.2) is 158 Å². The Bertz CT molecular complexity index is 3340. The normalized spacial score (nSPS) is 13.3. The van der Waals surface area contributed by atoms with Crippen molar-refractivity contribution in [1.29, 1.82) is 5.26 Å². The van der Waals surface area contributed by atoms with E-state index in [-0.39, 0.29) is 42.7 Å². The summed E-state index contributed by atoms with van der Waals surface area (Å²) in [6.07, 6.45) is 1.91. The quantitative estimate of drug-likeness (QED) is 0.155. The van der Waals surface area contributed by atoms with Crippen molar-refractivity contribution >= 4 is 57.0 Å². The smallest absolute Gasteiger partial charge is 0.135 e. The van der Waals surface area contributed by atoms with Crippen LogP contribution < -0.4 is 19.6 Å². The fraction of sp³-hybridized carbons (Fsp3) is 0.246. The predicted octanol–water partition coefficient (Wildman–Crippen LogP) is 17.7. The van der Waals surface area contributed by atoms with Gasteiger partial charge in [-0.1, -0.05) is 166 Å². The Morgan fingerprint density at radius 1 is 0.500 bits per heavy atom. The molecule has 0 saturated carbocycles. The number of benzene rings is 7. The number of anilines is 10. The van der Waals surface area contributed by atoms with Crippen LogP contribution in [0.5, 0.6) is 0 Å². The van der Waals surface area contributed by atoms with Crippen molar-refractivity contribution in [1.82, 2.24) is 4.98 Å². The van der Waals surface area contributed by atoms with Crippen molar-refractivity contribution in [2.75, 3.05) is 19.6 Å². The molecule has 7 aromatic carbocycles. The number of nitrogens with zero attached hydrogens (tertiary/aromatic N) is 6. The van der Waals surface area contributed by atoms with Gasteiger partial charge in [0.1, 0.15) is 5.82 Å². The first-order valence-electron chi connectivity index (χ1n) is 24.8. The second-order valence-corrected chi connectivity index (χ2v) is 23.2. The molecule has 3 heterocycles. The van der Waals surface area contributed by atoms with Crippen LogP contribution >= 0.6 is 0 Å². The molecule has 0 fully saturated rings. The van der Waals surface area contributed by atoms with Crippen LogP contribution in [-0.4, -0.2) is 4.98 Å². The Labute approximate surface area is 442 Å². The van der Waals surface area contributed by atoms with Crippen LogP contribution in [0.4, 0.5) is 57.0 Å². The molecule has 0 atom stereocenters. The Hall–Kier alpha value is -6.93. The second-order valence-electron chi connectivity index (χ2n) is 23.2. The molecule has 1 aromatic heterocycles. The molecular formula is C65H63N6Pt-3. The third-order valence-electron chi connectivity index (χ3n) is 13.9. The van der Waals surface area contributed by atoms with E-state index in [0.717, 1.165) is 79.3 Å². The molecule has 2 aliphatic heterocycles. The molecule has 0 bridgehead atoms. The summed E-state index contributed by atoms with van der Waals surface area (Å²) in [6.45, 7) is 29.5. The number of rotatable bonds is 6. The molecule has 7 heteroatoms. The molecule has 0 unspecified atom stereocenters. The van der Waals surface area contributed by atoms with Gasteiger partial charge in [0.2, 0.25) is 0 Å². The van der Waals surface area contributed by atoms with Crippen LogP contribution in [0.2, 0.25) is 0 Å². The van der Waals surface area contributed by atoms with E-state index in [1.807, 2.05) is 18.3 Å². The van der Waals surface area contributed by atoms with Gasteiger partial charge in [0.05, 0.1) is 17.3 Å². The molecule has 10 rings (SSSR count). The summed E-state index contributed by atoms with van der Waals surface area (Å²) < 4.78 is 0. The van der Waals surface area contributed by atoms with Crippen molar-refractivity contribution in [3.8, 4) is 28.3 Å². The van der Waals surface area contributed by atoms with Crippen LogP contribution in [-0.2, 0) is 42.7 Å². The fourth-order valence-corrected chi connectivity index (χ4v) is 9.66. The standard InChI is InChI=1S/C65H63N6.Pt/c1-62(2,3)44-30-31-67-61(38-44)71-57-23-17-16-22-54(57)56-32-43(41-66)26-28-53(56)55-29-27-49(40-60(55)71)70(48-20-14-13-15-21-48)52-37-47(65(10,11)12)36-51(39-52)69-42-68(58-24-18-19-25-59(58)69)50-34-45(63(4,5)6)33-46(35-50)64(7,8)9;/h13-38,42H,1-12H3;/q-3;. The first-order valence-corrected chi connectivity index (χ1v) is 24.8. The zero-order valence-corrected chi connectivity index (χ0v) is 45.9. The third-order valence-corrected chi connectivity index (χ3v) is 13.9. The molecule has 0 amide bonds. The van der Waals surface area contributed by atoms with Gasteiger partial charge in [0, 0.05) is 55.6 Å². The van der Waals surface area contributed by atoms with E-state index in [0.29, 0.717) is 5.56 Å². The summed E-state index contributed by atoms with van der Waals surface area (Å²) in [6, 6.07) is 64.5. The van der Waals surface area contributed by atoms with Crippen molar-refractivity contribution in [2.24, 2.45) is 0 Å². The number of fused-ring (bicyclic) bond motifs is 6. The minimum atomic E-state index is -0.212. The molecular weight excluding hydrogens is 1060 g/mol. The summed E-state index contributed by atoms with van der Waals surface area (Å²) in [5.74, 6) is 0.790. The number of para-hydroxylation sites is 4. The van der Waals surface area contributed by atoms with Gasteiger partial charge in [-0.2, -0.15) is 11.3 Å². The Kier molecular flexibility index (Phi) is 12.9. The van der Waals surface area contributed by atoms with Crippen LogP contribution in [0, 0.1) is 30.1 Å². The van der Waals surface area contributed by atoms with Crippen LogP contribution in [0.3, 0.4) is 0 Å². The van der Waals surface area contributed by atoms with E-state index in [9.17, 15) is 5.26 Å². The molecule has 0 saturated heterocycles. The fourth-order valence-electron chi connectivity index (χ4n) is 9.66. The molecule has 0 aliphatic carbocycles. The number of hydrogen-bond acceptors (Lipinski definition) is 6. The maximum absolute atomic E-state index is 10.2. The Morgan fingerprint density at radius 3 is 1.72 bits per heavy atom. The maximum atomic E-state index is 10.2. The summed E-state index contributed by atoms with van der Waals surface area (Å²) in [4.78, 5) is 14.3. The first kappa shape index (κ1) is 50.0. The van der Waals surface area contributed by atoms with Gasteiger partial charge in [-0.05, 0) is 111 Å². The van der Waals surface area contributed by atoms with E-state index in [1.54, 1.807) is 0 Å². The number of hydrogen-bond donors (Lipinski definition) is 0. The molecule has 72 heavy (non-hydrogen) atoms. The van der Waals surface area contributed by atoms with Gasteiger partial charge in [0.15, 0.2) is 0 Å². The zero-order chi connectivity index (χ0) is 50.2. The van der Waals surface area contributed by atoms with Gasteiger partial charge in [-0.15, -0.1) is 53.8 Å². The van der Waals surface area contributed by atoms with E-state index in [1.165, 1.54) is 22.3 Å². The molecule has 8 aromatic rings. The number of aromatic nitrogens is 1. The number of nitriles is 1. The maximum Gasteiger partial charge on any atom is 0.135 e. The van der Waals surface area contributed by atoms with E-state index in [4.69, 9.17) is 4.98 Å². The van der Waals surface area contributed by atoms with Gasteiger partial charge < -0.3 is 19.6 Å². The topological polar surface area (TPSA) is 49.6 Å². The summed E-state index contributed by atoms with van der Waals surface area (Å²) >= 11 is 0. The molecule has 6 nitrogen and oxygen atoms in total. The minimum absolute atomic E-state index is 0. The summed E-state index contributed by atoms with van der Waals surface area (Å²) in [5.41, 5.74) is 18.0. The van der Waals surface area contributed by atoms with Gasteiger partial charge >= 0.3 is 0 Å². The minimum Gasteiger partial charge on any atom is -0.493 e. The van der Waals surface area contributed by atoms with Crippen molar-refractivity contribution < 1.29 is 21.1 Å². The van der Waals surface area contributed by atoms with Crippen LogP contribution in [0.1, 0.15) is 111 Å². The molecule has 0 spiro atoms. The molecule has 0 N–H and O–H groups in total. The Balaban J connectivity index is 0.00000640. The Morgan fingerprint density at radius 2 is 1.08 bits per heavy atom. The summed E-state index contributed by atoms with van der Waals surface area (Å²) in [7, 11) is 0. The van der Waals surface area contributed by atoms with Crippen molar-refractivity contribution in [3.63, 3.8) is 0 Å². The van der Waals surface area contributed by atoms with E-state index in [2.05, 4.69) is 267 Å². The molecule has 0 radical (unpaired) electrons. The molecule has 2 aliphatic rings. The molecule has 366 valence electrons. The average molecular weight is 1120 g/mol. The van der Waals surface area contributed by atoms with Gasteiger partial charge in [-0.3, -0.25) is 0 Å². The van der Waals surface area contributed by atoms with Crippen molar-refractivity contribution in [2.45, 2.75) is 105 Å². The average Bonchev–Trinajstić information content (AvgIpc) is 3.68. The van der Waals surface area contributed by atoms with E-state index < -0.39 is 0 Å². The second kappa shape index (κ2) is 18.6. The van der Waals surface area contributed by atoms with E-state index >= 15 is 0 Å². The van der Waals surface area contributed by atoms with Gasteiger partial charge in [-0.25, -0.2) is 4.98 Å². The summed E-state index contributed by atoms with van der Waals surface area (Å²) in [5, 5.41) is 10.2. The number of pyridine rings is 1. The zero-order valence-electron chi connectivity index (χ0n) is 43.6. The van der Waals surface area contributed by atoms with Crippen molar-refractivity contribution in [3.05, 3.63) is 204 Å². The SMILES string of the molecule is CC(C)(C)c1cc(N2[CH-]N(c3cc(C(C)(C)C)cc(C(C)(C)C)c3)c3ccccc32)[c-]c(N(c2[c-]c3c(cc2)-c2ccc(C#N)cc2-c2ccccc2N3c2cc(C(C)(C)C)ccn2)c2ccccc2)c1.[Pt]. The first-order chi connectivity index (χ1) is 33.7. The predicted molar refractivity (Wildman–Crippen MR) is 297 cm³/mol. The van der Waals surface area contributed by atoms with Gasteiger partial charge in [0.25, 0.3) is 0 Å². The third kappa shape index (κ3) is 9.37. The monoisotopic (exact) mass is 1120 g/mol. The largest absolute Gasteiger partial charge is 0.493 e.